The fraction of sp³-hybridized carbons (Fsp3) is 0.333. The fourth-order valence-corrected chi connectivity index (χ4v) is 2.07. The maximum absolute atomic E-state index is 11.2. The summed E-state index contributed by atoms with van der Waals surface area (Å²) in [7, 11) is 0. The number of amides is 1. The van der Waals surface area contributed by atoms with E-state index in [0.29, 0.717) is 0 Å². The molecule has 0 aliphatic carbocycles. The lowest BCUT2D eigenvalue weighted by molar-refractivity contribution is -0.109. The SMILES string of the molecule is CC(=O)SCC(O)C(O)c1ccccc1C(N)=O. The molecule has 0 radical (unpaired) electrons. The Morgan fingerprint density at radius 1 is 1.33 bits per heavy atom. The van der Waals surface area contributed by atoms with Gasteiger partial charge in [-0.2, -0.15) is 0 Å². The van der Waals surface area contributed by atoms with Gasteiger partial charge in [0.1, 0.15) is 6.10 Å². The number of hydrogen-bond acceptors (Lipinski definition) is 5. The number of rotatable bonds is 5. The van der Waals surface area contributed by atoms with Gasteiger partial charge in [0.15, 0.2) is 5.12 Å². The monoisotopic (exact) mass is 269 g/mol. The molecule has 0 aliphatic heterocycles. The van der Waals surface area contributed by atoms with Gasteiger partial charge in [0, 0.05) is 18.2 Å². The number of aliphatic hydroxyl groups excluding tert-OH is 2. The van der Waals surface area contributed by atoms with Crippen molar-refractivity contribution in [3.63, 3.8) is 0 Å². The summed E-state index contributed by atoms with van der Waals surface area (Å²) in [5.74, 6) is -0.611. The third kappa shape index (κ3) is 3.83. The first-order chi connectivity index (χ1) is 8.43. The van der Waals surface area contributed by atoms with E-state index in [1.807, 2.05) is 0 Å². The van der Waals surface area contributed by atoms with E-state index in [-0.39, 0.29) is 22.0 Å². The van der Waals surface area contributed by atoms with Gasteiger partial charge in [0.25, 0.3) is 0 Å². The molecule has 2 atom stereocenters. The maximum Gasteiger partial charge on any atom is 0.249 e. The highest BCUT2D eigenvalue weighted by atomic mass is 32.2. The van der Waals surface area contributed by atoms with Crippen LogP contribution in [0.4, 0.5) is 0 Å². The Kier molecular flexibility index (Phi) is 5.33. The van der Waals surface area contributed by atoms with Crippen molar-refractivity contribution in [3.05, 3.63) is 35.4 Å². The zero-order valence-electron chi connectivity index (χ0n) is 9.87. The van der Waals surface area contributed by atoms with E-state index >= 15 is 0 Å². The van der Waals surface area contributed by atoms with Crippen LogP contribution >= 0.6 is 11.8 Å². The van der Waals surface area contributed by atoms with Crippen LogP contribution in [0.1, 0.15) is 28.9 Å². The van der Waals surface area contributed by atoms with Crippen molar-refractivity contribution in [2.24, 2.45) is 5.73 Å². The minimum Gasteiger partial charge on any atom is -0.389 e. The van der Waals surface area contributed by atoms with Gasteiger partial charge >= 0.3 is 0 Å². The first kappa shape index (κ1) is 14.7. The number of hydrogen-bond donors (Lipinski definition) is 3. The second-order valence-corrected chi connectivity index (χ2v) is 4.96. The molecule has 1 aromatic carbocycles. The van der Waals surface area contributed by atoms with Crippen LogP contribution in [0.2, 0.25) is 0 Å². The van der Waals surface area contributed by atoms with Crippen LogP contribution < -0.4 is 5.73 Å². The molecule has 18 heavy (non-hydrogen) atoms. The van der Waals surface area contributed by atoms with Crippen LogP contribution in [-0.2, 0) is 4.79 Å². The van der Waals surface area contributed by atoms with Crippen LogP contribution in [-0.4, -0.2) is 33.1 Å². The molecule has 0 heterocycles. The zero-order chi connectivity index (χ0) is 13.7. The van der Waals surface area contributed by atoms with Gasteiger partial charge in [-0.1, -0.05) is 30.0 Å². The van der Waals surface area contributed by atoms with Gasteiger partial charge in [0.05, 0.1) is 6.10 Å². The van der Waals surface area contributed by atoms with Gasteiger partial charge in [0.2, 0.25) is 5.91 Å². The third-order valence-electron chi connectivity index (χ3n) is 2.37. The van der Waals surface area contributed by atoms with Crippen molar-refractivity contribution in [1.82, 2.24) is 0 Å². The molecule has 0 aliphatic rings. The van der Waals surface area contributed by atoms with Crippen LogP contribution in [0.3, 0.4) is 0 Å². The van der Waals surface area contributed by atoms with E-state index in [4.69, 9.17) is 5.73 Å². The quantitative estimate of drug-likeness (QED) is 0.721. The highest BCUT2D eigenvalue weighted by molar-refractivity contribution is 8.13. The van der Waals surface area contributed by atoms with Crippen LogP contribution in [0.15, 0.2) is 24.3 Å². The number of primary amides is 1. The van der Waals surface area contributed by atoms with Crippen molar-refractivity contribution in [1.29, 1.82) is 0 Å². The highest BCUT2D eigenvalue weighted by Gasteiger charge is 2.22. The third-order valence-corrected chi connectivity index (χ3v) is 3.28. The molecular formula is C12H15NO4S. The van der Waals surface area contributed by atoms with Crippen molar-refractivity contribution < 1.29 is 19.8 Å². The Bertz CT molecular complexity index is 449. The molecule has 4 N–H and O–H groups in total. The lowest BCUT2D eigenvalue weighted by Gasteiger charge is -2.19. The molecule has 6 heteroatoms. The smallest absolute Gasteiger partial charge is 0.249 e. The average Bonchev–Trinajstić information content (AvgIpc) is 2.34. The molecule has 2 unspecified atom stereocenters. The van der Waals surface area contributed by atoms with E-state index < -0.39 is 18.1 Å². The first-order valence-electron chi connectivity index (χ1n) is 5.31. The molecule has 1 aromatic rings. The number of thioether (sulfide) groups is 1. The standard InChI is InChI=1S/C12H15NO4S/c1-7(14)18-6-10(15)11(16)8-4-2-3-5-9(8)12(13)17/h2-5,10-11,15-16H,6H2,1H3,(H2,13,17). The lowest BCUT2D eigenvalue weighted by atomic mass is 9.99. The highest BCUT2D eigenvalue weighted by Crippen LogP contribution is 2.23. The molecule has 1 rings (SSSR count). The molecule has 5 nitrogen and oxygen atoms in total. The summed E-state index contributed by atoms with van der Waals surface area (Å²) in [5.41, 5.74) is 5.61. The van der Waals surface area contributed by atoms with E-state index in [9.17, 15) is 19.8 Å². The van der Waals surface area contributed by atoms with E-state index in [2.05, 4.69) is 0 Å². The van der Waals surface area contributed by atoms with E-state index in [1.54, 1.807) is 12.1 Å². The summed E-state index contributed by atoms with van der Waals surface area (Å²) in [6.07, 6.45) is -2.39. The second-order valence-electron chi connectivity index (χ2n) is 3.77. The van der Waals surface area contributed by atoms with Crippen LogP contribution in [0.5, 0.6) is 0 Å². The maximum atomic E-state index is 11.2. The number of carbonyl (C=O) groups is 2. The fourth-order valence-electron chi connectivity index (χ4n) is 1.48. The van der Waals surface area contributed by atoms with Gasteiger partial charge in [-0.15, -0.1) is 0 Å². The van der Waals surface area contributed by atoms with Crippen LogP contribution in [0.25, 0.3) is 0 Å². The molecule has 0 saturated heterocycles. The predicted octanol–water partition coefficient (Wildman–Crippen LogP) is 0.460. The lowest BCUT2D eigenvalue weighted by Crippen LogP contribution is -2.24. The average molecular weight is 269 g/mol. The molecule has 0 bridgehead atoms. The summed E-state index contributed by atoms with van der Waals surface area (Å²) in [4.78, 5) is 22.0. The van der Waals surface area contributed by atoms with Crippen molar-refractivity contribution >= 4 is 22.8 Å². The van der Waals surface area contributed by atoms with Crippen LogP contribution in [0, 0.1) is 0 Å². The second kappa shape index (κ2) is 6.53. The van der Waals surface area contributed by atoms with Gasteiger partial charge < -0.3 is 15.9 Å². The molecule has 1 amide bonds. The summed E-state index contributed by atoms with van der Waals surface area (Å²) >= 11 is 0.912. The Morgan fingerprint density at radius 3 is 2.50 bits per heavy atom. The topological polar surface area (TPSA) is 101 Å². The Labute approximate surface area is 109 Å². The molecule has 0 saturated carbocycles. The Hall–Kier alpha value is -1.37. The number of carbonyl (C=O) groups excluding carboxylic acids is 2. The summed E-state index contributed by atoms with van der Waals surface area (Å²) in [5, 5.41) is 19.6. The minimum atomic E-state index is -1.25. The number of aliphatic hydroxyl groups is 2. The molecule has 0 fully saturated rings. The van der Waals surface area contributed by atoms with Crippen molar-refractivity contribution in [2.45, 2.75) is 19.1 Å². The van der Waals surface area contributed by atoms with E-state index in [1.165, 1.54) is 19.1 Å². The van der Waals surface area contributed by atoms with Crippen molar-refractivity contribution in [2.75, 3.05) is 5.75 Å². The predicted molar refractivity (Wildman–Crippen MR) is 69.1 cm³/mol. The van der Waals surface area contributed by atoms with Gasteiger partial charge in [-0.25, -0.2) is 0 Å². The Balaban J connectivity index is 2.86. The summed E-state index contributed by atoms with van der Waals surface area (Å²) in [6.45, 7) is 1.38. The molecule has 0 aromatic heterocycles. The van der Waals surface area contributed by atoms with Gasteiger partial charge in [-0.3, -0.25) is 9.59 Å². The van der Waals surface area contributed by atoms with Gasteiger partial charge in [-0.05, 0) is 11.6 Å². The molecule has 98 valence electrons. The molecular weight excluding hydrogens is 254 g/mol. The van der Waals surface area contributed by atoms with Crippen molar-refractivity contribution in [3.8, 4) is 0 Å². The zero-order valence-corrected chi connectivity index (χ0v) is 10.7. The Morgan fingerprint density at radius 2 is 1.94 bits per heavy atom. The summed E-state index contributed by atoms with van der Waals surface area (Å²) in [6, 6.07) is 6.25. The molecule has 0 spiro atoms. The number of nitrogens with two attached hydrogens (primary N) is 1. The number of benzene rings is 1. The minimum absolute atomic E-state index is 0.0591. The summed E-state index contributed by atoms with van der Waals surface area (Å²) < 4.78 is 0. The normalized spacial score (nSPS) is 13.9. The van der Waals surface area contributed by atoms with E-state index in [0.717, 1.165) is 11.8 Å². The first-order valence-corrected chi connectivity index (χ1v) is 6.30. The largest absolute Gasteiger partial charge is 0.389 e.